The van der Waals surface area contributed by atoms with Crippen molar-refractivity contribution < 1.29 is 48.0 Å². The van der Waals surface area contributed by atoms with E-state index in [0.717, 1.165) is 0 Å². The van der Waals surface area contributed by atoms with Gasteiger partial charge in [-0.2, -0.15) is 0 Å². The predicted molar refractivity (Wildman–Crippen MR) is 163 cm³/mol. The third-order valence-electron chi connectivity index (χ3n) is 9.21. The minimum atomic E-state index is -1.11. The molecule has 204 valence electrons. The van der Waals surface area contributed by atoms with Gasteiger partial charge in [0.15, 0.2) is 0 Å². The van der Waals surface area contributed by atoms with Crippen molar-refractivity contribution in [3.63, 3.8) is 0 Å². The van der Waals surface area contributed by atoms with E-state index >= 15 is 0 Å². The number of hydrogen-bond acceptors (Lipinski definition) is 0. The van der Waals surface area contributed by atoms with Gasteiger partial charge >= 0.3 is 247 Å². The first-order chi connectivity index (χ1) is 19.8. The van der Waals surface area contributed by atoms with E-state index in [1.165, 1.54) is 74.7 Å². The van der Waals surface area contributed by atoms with Crippen LogP contribution < -0.4 is 24.8 Å². The summed E-state index contributed by atoms with van der Waals surface area (Å²) in [7, 11) is 0. The van der Waals surface area contributed by atoms with Gasteiger partial charge in [0.05, 0.1) is 0 Å². The van der Waals surface area contributed by atoms with Crippen LogP contribution >= 0.6 is 0 Å². The molecule has 2 unspecified atom stereocenters. The molecule has 9 rings (SSSR count). The van der Waals surface area contributed by atoms with Crippen LogP contribution in [-0.4, -0.2) is 9.13 Å². The number of halogens is 2. The monoisotopic (exact) mass is 660 g/mol. The summed E-state index contributed by atoms with van der Waals surface area (Å²) in [6.07, 6.45) is 10.9. The van der Waals surface area contributed by atoms with Crippen LogP contribution in [0.2, 0.25) is 0 Å². The molecule has 42 heavy (non-hydrogen) atoms. The van der Waals surface area contributed by atoms with Crippen molar-refractivity contribution in [1.82, 2.24) is 9.13 Å². The maximum Gasteiger partial charge on any atom is -1.00 e. The summed E-state index contributed by atoms with van der Waals surface area (Å²) >= 11 is -1.11. The molecule has 0 bridgehead atoms. The molecule has 0 fully saturated rings. The molecule has 0 aliphatic heterocycles. The van der Waals surface area contributed by atoms with Gasteiger partial charge in [-0.15, -0.1) is 0 Å². The molecule has 4 aromatic carbocycles. The smallest absolute Gasteiger partial charge is 1.00 e. The van der Waals surface area contributed by atoms with Crippen LogP contribution in [0.1, 0.15) is 47.2 Å². The van der Waals surface area contributed by atoms with E-state index < -0.39 is 23.2 Å². The number of benzene rings is 4. The zero-order valence-corrected chi connectivity index (χ0v) is 26.9. The Bertz CT molecular complexity index is 2050. The van der Waals surface area contributed by atoms with Crippen molar-refractivity contribution in [2.75, 3.05) is 0 Å². The van der Waals surface area contributed by atoms with Crippen molar-refractivity contribution >= 4 is 45.4 Å². The third-order valence-corrected chi connectivity index (χ3v) is 13.8. The van der Waals surface area contributed by atoms with Crippen LogP contribution in [0.25, 0.3) is 45.4 Å². The van der Waals surface area contributed by atoms with Gasteiger partial charge < -0.3 is 24.8 Å². The van der Waals surface area contributed by atoms with Crippen LogP contribution in [-0.2, 0) is 36.1 Å². The van der Waals surface area contributed by atoms with Crippen molar-refractivity contribution in [2.45, 2.75) is 26.5 Å². The molecule has 0 saturated carbocycles. The SMILES string of the molecule is C1=C(n2ccc3ccccc32)[CH]([Zr+2][CH]2C(n3c4c(c5ccccc53)CCC4)=Cc3ccccc32)c2ccccc21.[Cl-].[Cl-]. The van der Waals surface area contributed by atoms with E-state index in [9.17, 15) is 0 Å². The molecule has 0 N–H and O–H groups in total. The summed E-state index contributed by atoms with van der Waals surface area (Å²) in [5.41, 5.74) is 14.7. The van der Waals surface area contributed by atoms with Gasteiger partial charge in [-0.25, -0.2) is 0 Å². The summed E-state index contributed by atoms with van der Waals surface area (Å²) in [5, 5.41) is 2.77. The summed E-state index contributed by atoms with van der Waals surface area (Å²) < 4.78 is 6.14. The fourth-order valence-electron chi connectivity index (χ4n) is 7.47. The van der Waals surface area contributed by atoms with E-state index in [0.29, 0.717) is 7.25 Å². The summed E-state index contributed by atoms with van der Waals surface area (Å²) in [6.45, 7) is 0. The molecule has 2 aromatic heterocycles. The first-order valence-electron chi connectivity index (χ1n) is 14.4. The number of aromatic nitrogens is 2. The van der Waals surface area contributed by atoms with E-state index in [4.69, 9.17) is 0 Å². The molecular weight excluding hydrogens is 635 g/mol. The molecule has 3 aliphatic rings. The molecule has 3 aliphatic carbocycles. The fourth-order valence-corrected chi connectivity index (χ4v) is 12.4. The molecule has 0 saturated heterocycles. The van der Waals surface area contributed by atoms with E-state index in [-0.39, 0.29) is 24.8 Å². The van der Waals surface area contributed by atoms with Crippen molar-refractivity contribution in [3.05, 3.63) is 143 Å². The number of fused-ring (bicyclic) bond motifs is 6. The second kappa shape index (κ2) is 10.9. The third kappa shape index (κ3) is 4.09. The number of nitrogens with zero attached hydrogens (tertiary/aromatic N) is 2. The number of allylic oxidation sites excluding steroid dienone is 2. The Morgan fingerprint density at radius 3 is 2.00 bits per heavy atom. The summed E-state index contributed by atoms with van der Waals surface area (Å²) in [4.78, 5) is 0. The minimum absolute atomic E-state index is 0. The fraction of sp³-hybridized carbons (Fsp3) is 0.135. The van der Waals surface area contributed by atoms with E-state index in [2.05, 4.69) is 131 Å². The molecule has 5 heteroatoms. The van der Waals surface area contributed by atoms with Gasteiger partial charge in [-0.05, 0) is 0 Å². The van der Waals surface area contributed by atoms with Crippen LogP contribution in [0.15, 0.2) is 109 Å². The Hall–Kier alpha value is -3.10. The quantitative estimate of drug-likeness (QED) is 0.275. The topological polar surface area (TPSA) is 9.86 Å². The van der Waals surface area contributed by atoms with Crippen LogP contribution in [0.4, 0.5) is 0 Å². The van der Waals surface area contributed by atoms with Gasteiger partial charge in [0.2, 0.25) is 0 Å². The van der Waals surface area contributed by atoms with Gasteiger partial charge in [-0.1, -0.05) is 0 Å². The number of rotatable bonds is 4. The molecule has 0 amide bonds. The van der Waals surface area contributed by atoms with Crippen molar-refractivity contribution in [2.24, 2.45) is 0 Å². The normalized spacial score (nSPS) is 18.0. The van der Waals surface area contributed by atoms with Gasteiger partial charge in [0.1, 0.15) is 0 Å². The number of para-hydroxylation sites is 2. The number of aryl methyl sites for hydroxylation is 1. The predicted octanol–water partition coefficient (Wildman–Crippen LogP) is 2.98. The van der Waals surface area contributed by atoms with Crippen LogP contribution in [0, 0.1) is 0 Å². The average Bonchev–Trinajstić information content (AvgIpc) is 3.81. The second-order valence-corrected chi connectivity index (χ2v) is 15.0. The zero-order chi connectivity index (χ0) is 26.2. The molecule has 2 atom stereocenters. The Balaban J connectivity index is 0.00000144. The average molecular weight is 663 g/mol. The molecule has 2 nitrogen and oxygen atoms in total. The maximum atomic E-state index is 2.69. The van der Waals surface area contributed by atoms with Crippen molar-refractivity contribution in [1.29, 1.82) is 0 Å². The first-order valence-corrected chi connectivity index (χ1v) is 17.2. The van der Waals surface area contributed by atoms with Crippen LogP contribution in [0.5, 0.6) is 0 Å². The number of hydrogen-bond donors (Lipinski definition) is 0. The Morgan fingerprint density at radius 1 is 0.595 bits per heavy atom. The standard InChI is InChI=1S/C20H16N.C17H12N.2ClH.Zr/c1-2-7-15-13-16(12-14(15)6-1)21-19-10-4-3-8-17(19)18-9-5-11-20(18)21;1-2-7-15-12-16(11-14(15)6-1)18-10-9-13-5-3-4-8-17(13)18;;;/h1-4,6-8,10,12-13H,5,9,11H2;1-12H;2*1H;/q;;;;+2/p-2. The van der Waals surface area contributed by atoms with E-state index in [1.54, 1.807) is 11.3 Å². The summed E-state index contributed by atoms with van der Waals surface area (Å²) in [6, 6.07) is 38.5. The first kappa shape index (κ1) is 27.7. The Morgan fingerprint density at radius 2 is 1.21 bits per heavy atom. The Labute approximate surface area is 270 Å². The van der Waals surface area contributed by atoms with Crippen molar-refractivity contribution in [3.8, 4) is 0 Å². The zero-order valence-electron chi connectivity index (χ0n) is 23.0. The molecule has 0 radical (unpaired) electrons. The molecule has 6 aromatic rings. The van der Waals surface area contributed by atoms with Gasteiger partial charge in [0, 0.05) is 0 Å². The van der Waals surface area contributed by atoms with Crippen LogP contribution in [0.3, 0.4) is 0 Å². The summed E-state index contributed by atoms with van der Waals surface area (Å²) in [5.74, 6) is 0. The minimum Gasteiger partial charge on any atom is -1.00 e. The molecule has 0 spiro atoms. The second-order valence-electron chi connectivity index (χ2n) is 11.3. The maximum absolute atomic E-state index is 2.69. The van der Waals surface area contributed by atoms with Gasteiger partial charge in [-0.3, -0.25) is 0 Å². The molecular formula is C37H28Cl2N2Zr. The van der Waals surface area contributed by atoms with Gasteiger partial charge in [0.25, 0.3) is 0 Å². The largest absolute Gasteiger partial charge is 1.00 e. The molecule has 2 heterocycles. The Kier molecular flexibility index (Phi) is 7.18. The van der Waals surface area contributed by atoms with E-state index in [1.807, 2.05) is 0 Å².